The summed E-state index contributed by atoms with van der Waals surface area (Å²) in [6.07, 6.45) is 3.17. The van der Waals surface area contributed by atoms with Crippen molar-refractivity contribution in [3.8, 4) is 6.07 Å². The molecular formula is C19H22N2O3. The predicted octanol–water partition coefficient (Wildman–Crippen LogP) is 2.81. The fourth-order valence-corrected chi connectivity index (χ4v) is 3.16. The molecule has 1 aliphatic carbocycles. The maximum Gasteiger partial charge on any atom is 0.311 e. The first-order valence-electron chi connectivity index (χ1n) is 8.58. The molecule has 0 N–H and O–H groups in total. The van der Waals surface area contributed by atoms with Crippen LogP contribution in [0.2, 0.25) is 0 Å². The molecule has 1 aromatic carbocycles. The number of carbonyl (C=O) groups excluding carboxylic acids is 2. The molecule has 0 radical (unpaired) electrons. The molecule has 24 heavy (non-hydrogen) atoms. The molecule has 126 valence electrons. The van der Waals surface area contributed by atoms with Gasteiger partial charge in [-0.05, 0) is 50.3 Å². The second-order valence-corrected chi connectivity index (χ2v) is 6.71. The minimum atomic E-state index is -0.402. The molecule has 0 aromatic heterocycles. The largest absolute Gasteiger partial charge is 0.458 e. The van der Waals surface area contributed by atoms with Crippen LogP contribution in [0.5, 0.6) is 0 Å². The SMILES string of the molecule is C[C@@H](OC(=O)[C@@H]1CCCN(C(=O)C2CC2)C1)c1cccc(C#N)c1. The van der Waals surface area contributed by atoms with Crippen LogP contribution in [0.25, 0.3) is 0 Å². The van der Waals surface area contributed by atoms with Gasteiger partial charge in [-0.3, -0.25) is 9.59 Å². The number of hydrogen-bond donors (Lipinski definition) is 0. The normalized spacial score (nSPS) is 21.7. The molecule has 1 amide bonds. The lowest BCUT2D eigenvalue weighted by atomic mass is 9.97. The molecule has 3 rings (SSSR count). The van der Waals surface area contributed by atoms with Gasteiger partial charge in [0.2, 0.25) is 5.91 Å². The van der Waals surface area contributed by atoms with Gasteiger partial charge in [-0.25, -0.2) is 0 Å². The van der Waals surface area contributed by atoms with E-state index >= 15 is 0 Å². The minimum Gasteiger partial charge on any atom is -0.458 e. The van der Waals surface area contributed by atoms with Crippen LogP contribution in [0.1, 0.15) is 49.8 Å². The molecule has 5 nitrogen and oxygen atoms in total. The lowest BCUT2D eigenvalue weighted by molar-refractivity contribution is -0.156. The number of nitriles is 1. The lowest BCUT2D eigenvalue weighted by Gasteiger charge is -2.32. The summed E-state index contributed by atoms with van der Waals surface area (Å²) in [5.41, 5.74) is 1.36. The summed E-state index contributed by atoms with van der Waals surface area (Å²) in [7, 11) is 0. The molecule has 2 atom stereocenters. The molecule has 5 heteroatoms. The Hall–Kier alpha value is -2.35. The fourth-order valence-electron chi connectivity index (χ4n) is 3.16. The summed E-state index contributed by atoms with van der Waals surface area (Å²) in [6, 6.07) is 9.19. The molecule has 2 aliphatic rings. The van der Waals surface area contributed by atoms with Crippen LogP contribution >= 0.6 is 0 Å². The molecule has 2 fully saturated rings. The van der Waals surface area contributed by atoms with E-state index in [0.717, 1.165) is 37.8 Å². The van der Waals surface area contributed by atoms with Gasteiger partial charge in [-0.1, -0.05) is 12.1 Å². The molecule has 1 aromatic rings. The maximum absolute atomic E-state index is 12.5. The van der Waals surface area contributed by atoms with Crippen LogP contribution in [-0.4, -0.2) is 29.9 Å². The van der Waals surface area contributed by atoms with E-state index in [9.17, 15) is 9.59 Å². The van der Waals surface area contributed by atoms with Crippen molar-refractivity contribution >= 4 is 11.9 Å². The number of ether oxygens (including phenoxy) is 1. The fraction of sp³-hybridized carbons (Fsp3) is 0.526. The first kappa shape index (κ1) is 16.5. The van der Waals surface area contributed by atoms with Gasteiger partial charge in [0.15, 0.2) is 0 Å². The van der Waals surface area contributed by atoms with Gasteiger partial charge >= 0.3 is 5.97 Å². The number of rotatable bonds is 4. The third-order valence-corrected chi connectivity index (χ3v) is 4.77. The molecular weight excluding hydrogens is 304 g/mol. The second kappa shape index (κ2) is 7.04. The highest BCUT2D eigenvalue weighted by molar-refractivity contribution is 5.82. The van der Waals surface area contributed by atoms with Crippen LogP contribution in [-0.2, 0) is 14.3 Å². The Bertz CT molecular complexity index is 675. The molecule has 0 unspecified atom stereocenters. The highest BCUT2D eigenvalue weighted by atomic mass is 16.5. The Morgan fingerprint density at radius 1 is 1.29 bits per heavy atom. The number of benzene rings is 1. The molecule has 0 spiro atoms. The van der Waals surface area contributed by atoms with Gasteiger partial charge in [0.25, 0.3) is 0 Å². The van der Waals surface area contributed by atoms with Crippen LogP contribution in [0, 0.1) is 23.2 Å². The van der Waals surface area contributed by atoms with Gasteiger partial charge in [0.05, 0.1) is 17.6 Å². The van der Waals surface area contributed by atoms with Crippen LogP contribution in [0.3, 0.4) is 0 Å². The van der Waals surface area contributed by atoms with Gasteiger partial charge in [0, 0.05) is 19.0 Å². The average Bonchev–Trinajstić information content (AvgIpc) is 3.46. The van der Waals surface area contributed by atoms with Crippen molar-refractivity contribution < 1.29 is 14.3 Å². The number of piperidine rings is 1. The Kier molecular flexibility index (Phi) is 4.84. The summed E-state index contributed by atoms with van der Waals surface area (Å²) in [5.74, 6) is -0.115. The predicted molar refractivity (Wildman–Crippen MR) is 87.7 cm³/mol. The molecule has 1 saturated carbocycles. The first-order chi connectivity index (χ1) is 11.6. The van der Waals surface area contributed by atoms with E-state index in [1.54, 1.807) is 18.2 Å². The van der Waals surface area contributed by atoms with Gasteiger partial charge in [-0.15, -0.1) is 0 Å². The smallest absolute Gasteiger partial charge is 0.311 e. The second-order valence-electron chi connectivity index (χ2n) is 6.71. The average molecular weight is 326 g/mol. The summed E-state index contributed by atoms with van der Waals surface area (Å²) < 4.78 is 5.59. The molecule has 1 heterocycles. The zero-order valence-corrected chi connectivity index (χ0v) is 13.9. The van der Waals surface area contributed by atoms with Crippen LogP contribution in [0.15, 0.2) is 24.3 Å². The van der Waals surface area contributed by atoms with Crippen LogP contribution in [0.4, 0.5) is 0 Å². The highest BCUT2D eigenvalue weighted by Crippen LogP contribution is 2.33. The van der Waals surface area contributed by atoms with Crippen molar-refractivity contribution in [1.29, 1.82) is 5.26 Å². The molecule has 1 aliphatic heterocycles. The Morgan fingerprint density at radius 3 is 2.79 bits per heavy atom. The molecule has 0 bridgehead atoms. The Balaban J connectivity index is 1.59. The number of nitrogens with zero attached hydrogens (tertiary/aromatic N) is 2. The number of carbonyl (C=O) groups is 2. The van der Waals surface area contributed by atoms with E-state index in [-0.39, 0.29) is 23.7 Å². The van der Waals surface area contributed by atoms with Crippen molar-refractivity contribution in [3.63, 3.8) is 0 Å². The van der Waals surface area contributed by atoms with Crippen molar-refractivity contribution in [2.45, 2.75) is 38.7 Å². The molecule has 1 saturated heterocycles. The summed E-state index contributed by atoms with van der Waals surface area (Å²) in [4.78, 5) is 26.5. The third kappa shape index (κ3) is 3.76. The minimum absolute atomic E-state index is 0.187. The zero-order valence-electron chi connectivity index (χ0n) is 13.9. The quantitative estimate of drug-likeness (QED) is 0.798. The maximum atomic E-state index is 12.5. The third-order valence-electron chi connectivity index (χ3n) is 4.77. The van der Waals surface area contributed by atoms with E-state index in [4.69, 9.17) is 10.00 Å². The number of esters is 1. The van der Waals surface area contributed by atoms with Crippen molar-refractivity contribution in [1.82, 2.24) is 4.90 Å². The summed E-state index contributed by atoms with van der Waals surface area (Å²) >= 11 is 0. The van der Waals surface area contributed by atoms with Gasteiger partial charge in [0.1, 0.15) is 6.10 Å². The van der Waals surface area contributed by atoms with Crippen molar-refractivity contribution in [2.24, 2.45) is 11.8 Å². The van der Waals surface area contributed by atoms with Gasteiger partial charge in [-0.2, -0.15) is 5.26 Å². The first-order valence-corrected chi connectivity index (χ1v) is 8.58. The Morgan fingerprint density at radius 2 is 2.08 bits per heavy atom. The lowest BCUT2D eigenvalue weighted by Crippen LogP contribution is -2.43. The summed E-state index contributed by atoms with van der Waals surface area (Å²) in [6.45, 7) is 3.03. The van der Waals surface area contributed by atoms with E-state index in [2.05, 4.69) is 6.07 Å². The monoisotopic (exact) mass is 326 g/mol. The standard InChI is InChI=1S/C19H22N2O3/c1-13(16-5-2-4-14(10-16)11-20)24-19(23)17-6-3-9-21(12-17)18(22)15-7-8-15/h2,4-5,10,13,15,17H,3,6-9,12H2,1H3/t13-,17-/m1/s1. The van der Waals surface area contributed by atoms with Crippen LogP contribution < -0.4 is 0 Å². The van der Waals surface area contributed by atoms with E-state index in [1.807, 2.05) is 17.9 Å². The van der Waals surface area contributed by atoms with Gasteiger partial charge < -0.3 is 9.64 Å². The zero-order chi connectivity index (χ0) is 17.1. The highest BCUT2D eigenvalue weighted by Gasteiger charge is 2.37. The number of hydrogen-bond acceptors (Lipinski definition) is 4. The van der Waals surface area contributed by atoms with E-state index in [1.165, 1.54) is 0 Å². The van der Waals surface area contributed by atoms with Crippen molar-refractivity contribution in [2.75, 3.05) is 13.1 Å². The van der Waals surface area contributed by atoms with E-state index < -0.39 is 6.10 Å². The topological polar surface area (TPSA) is 70.4 Å². The number of likely N-dealkylation sites (tertiary alicyclic amines) is 1. The van der Waals surface area contributed by atoms with Crippen molar-refractivity contribution in [3.05, 3.63) is 35.4 Å². The Labute approximate surface area is 142 Å². The number of amides is 1. The summed E-state index contributed by atoms with van der Waals surface area (Å²) in [5, 5.41) is 8.97. The van der Waals surface area contributed by atoms with E-state index in [0.29, 0.717) is 12.1 Å².